The Bertz CT molecular complexity index is 874. The molecule has 0 spiro atoms. The maximum absolute atomic E-state index is 8.94. The number of rotatable bonds is 10. The molecule has 0 unspecified atom stereocenters. The maximum Gasteiger partial charge on any atom is 0.119 e. The third-order valence-electron chi connectivity index (χ3n) is 6.55. The summed E-state index contributed by atoms with van der Waals surface area (Å²) in [5.41, 5.74) is 3.17. The normalized spacial score (nSPS) is 15.1. The lowest BCUT2D eigenvalue weighted by Gasteiger charge is -2.42. The summed E-state index contributed by atoms with van der Waals surface area (Å²) in [5.74, 6) is 0.916. The van der Waals surface area contributed by atoms with Gasteiger partial charge in [-0.1, -0.05) is 12.1 Å². The van der Waals surface area contributed by atoms with Gasteiger partial charge in [0.2, 0.25) is 0 Å². The Labute approximate surface area is 217 Å². The third-order valence-corrected chi connectivity index (χ3v) is 6.55. The van der Waals surface area contributed by atoms with E-state index in [1.165, 1.54) is 11.3 Å². The molecule has 0 saturated carbocycles. The molecule has 0 N–H and O–H groups in total. The van der Waals surface area contributed by atoms with Crippen molar-refractivity contribution in [3.8, 4) is 11.8 Å². The van der Waals surface area contributed by atoms with Crippen molar-refractivity contribution in [1.29, 1.82) is 5.26 Å². The molecule has 2 aromatic rings. The van der Waals surface area contributed by atoms with Crippen molar-refractivity contribution in [2.24, 2.45) is 0 Å². The van der Waals surface area contributed by atoms with Gasteiger partial charge in [-0.25, -0.2) is 0 Å². The number of hydrogen-bond acceptors (Lipinski definition) is 5. The van der Waals surface area contributed by atoms with Gasteiger partial charge in [0.1, 0.15) is 5.75 Å². The number of nitriles is 1. The molecule has 7 heteroatoms. The fraction of sp³-hybridized carbons (Fsp3) is 0.519. The summed E-state index contributed by atoms with van der Waals surface area (Å²) in [6.07, 6.45) is 4.35. The van der Waals surface area contributed by atoms with Crippen LogP contribution in [0.15, 0.2) is 48.5 Å². The monoisotopic (exact) mass is 507 g/mol. The molecule has 1 aliphatic rings. The Morgan fingerprint density at radius 1 is 1.03 bits per heavy atom. The second kappa shape index (κ2) is 14.4. The van der Waals surface area contributed by atoms with Crippen LogP contribution in [0.5, 0.6) is 5.75 Å². The molecule has 0 bridgehead atoms. The van der Waals surface area contributed by atoms with E-state index in [9.17, 15) is 0 Å². The van der Waals surface area contributed by atoms with Crippen molar-refractivity contribution >= 4 is 30.5 Å². The molecule has 0 aliphatic carbocycles. The van der Waals surface area contributed by atoms with Crippen molar-refractivity contribution in [3.63, 3.8) is 0 Å². The number of anilines is 1. The van der Waals surface area contributed by atoms with Gasteiger partial charge >= 0.3 is 0 Å². The first-order valence-corrected chi connectivity index (χ1v) is 11.7. The van der Waals surface area contributed by atoms with Crippen LogP contribution in [0, 0.1) is 11.3 Å². The first-order valence-electron chi connectivity index (χ1n) is 11.7. The molecule has 0 radical (unpaired) electrons. The number of methoxy groups -OCH3 is 1. The molecule has 1 aliphatic heterocycles. The number of ether oxygens (including phenoxy) is 2. The van der Waals surface area contributed by atoms with Crippen LogP contribution in [0.3, 0.4) is 0 Å². The Balaban J connectivity index is 0.00000289. The van der Waals surface area contributed by atoms with E-state index in [0.717, 1.165) is 63.2 Å². The van der Waals surface area contributed by atoms with Gasteiger partial charge in [-0.15, -0.1) is 24.8 Å². The third kappa shape index (κ3) is 8.67. The van der Waals surface area contributed by atoms with Gasteiger partial charge < -0.3 is 19.3 Å². The van der Waals surface area contributed by atoms with E-state index in [0.29, 0.717) is 0 Å². The van der Waals surface area contributed by atoms with Crippen LogP contribution in [0.2, 0.25) is 0 Å². The number of piperidine rings is 1. The summed E-state index contributed by atoms with van der Waals surface area (Å²) < 4.78 is 11.8. The van der Waals surface area contributed by atoms with Gasteiger partial charge in [-0.2, -0.15) is 5.26 Å². The van der Waals surface area contributed by atoms with Crippen LogP contribution in [0.25, 0.3) is 0 Å². The van der Waals surface area contributed by atoms with E-state index in [-0.39, 0.29) is 36.5 Å². The zero-order valence-corrected chi connectivity index (χ0v) is 22.5. The van der Waals surface area contributed by atoms with Gasteiger partial charge in [0, 0.05) is 46.0 Å². The van der Waals surface area contributed by atoms with E-state index < -0.39 is 0 Å². The molecule has 2 aromatic carbocycles. The predicted octanol–water partition coefficient (Wildman–Crippen LogP) is 5.74. The molecule has 0 aromatic heterocycles. The van der Waals surface area contributed by atoms with Crippen LogP contribution in [-0.2, 0) is 11.2 Å². The number of likely N-dealkylation sites (tertiary alicyclic amines) is 1. The highest BCUT2D eigenvalue weighted by Gasteiger charge is 2.34. The largest absolute Gasteiger partial charge is 0.491 e. The molecule has 1 fully saturated rings. The second-order valence-electron chi connectivity index (χ2n) is 9.12. The molecule has 3 rings (SSSR count). The highest BCUT2D eigenvalue weighted by Crippen LogP contribution is 2.30. The highest BCUT2D eigenvalue weighted by molar-refractivity contribution is 5.85. The molecule has 0 amide bonds. The number of benzene rings is 2. The van der Waals surface area contributed by atoms with Crippen LogP contribution in [0.1, 0.15) is 44.2 Å². The minimum atomic E-state index is -0.0418. The number of nitrogens with zero attached hydrogens (tertiary/aromatic N) is 3. The summed E-state index contributed by atoms with van der Waals surface area (Å²) in [4.78, 5) is 4.84. The summed E-state index contributed by atoms with van der Waals surface area (Å²) in [5, 5.41) is 8.94. The van der Waals surface area contributed by atoms with Crippen LogP contribution in [0.4, 0.5) is 5.69 Å². The summed E-state index contributed by atoms with van der Waals surface area (Å²) >= 11 is 0. The fourth-order valence-corrected chi connectivity index (χ4v) is 4.33. The molecule has 188 valence electrons. The predicted molar refractivity (Wildman–Crippen MR) is 145 cm³/mol. The topological polar surface area (TPSA) is 48.7 Å². The van der Waals surface area contributed by atoms with Gasteiger partial charge in [-0.05, 0) is 81.5 Å². The lowest BCUT2D eigenvalue weighted by atomic mass is 9.87. The maximum atomic E-state index is 8.94. The summed E-state index contributed by atoms with van der Waals surface area (Å²) in [6.45, 7) is 8.23. The van der Waals surface area contributed by atoms with Gasteiger partial charge in [0.05, 0.1) is 23.3 Å². The lowest BCUT2D eigenvalue weighted by molar-refractivity contribution is -0.0607. The summed E-state index contributed by atoms with van der Waals surface area (Å²) in [7, 11) is 4.01. The number of hydrogen-bond donors (Lipinski definition) is 0. The van der Waals surface area contributed by atoms with Crippen molar-refractivity contribution in [2.45, 2.75) is 51.2 Å². The summed E-state index contributed by atoms with van der Waals surface area (Å²) in [6, 6.07) is 18.5. The molecule has 34 heavy (non-hydrogen) atoms. The standard InChI is InChI=1S/C27H37N3O2.2ClH/c1-22(2)32-26-11-9-25(10-12-26)29(3)18-14-27(31-4)15-19-30(20-16-27)17-13-23-5-7-24(21-28)8-6-23;;/h5-12,22H,13-20H2,1-4H3;2*1H. The van der Waals surface area contributed by atoms with Gasteiger partial charge in [0.25, 0.3) is 0 Å². The van der Waals surface area contributed by atoms with E-state index in [1.807, 2.05) is 45.2 Å². The molecular formula is C27H39Cl2N3O2. The Hall–Kier alpha value is -1.97. The Morgan fingerprint density at radius 2 is 1.65 bits per heavy atom. The highest BCUT2D eigenvalue weighted by atomic mass is 35.5. The molecular weight excluding hydrogens is 469 g/mol. The zero-order valence-electron chi connectivity index (χ0n) is 20.8. The van der Waals surface area contributed by atoms with Gasteiger partial charge in [0.15, 0.2) is 0 Å². The quantitative estimate of drug-likeness (QED) is 0.410. The molecule has 1 saturated heterocycles. The van der Waals surface area contributed by atoms with Crippen molar-refractivity contribution in [3.05, 3.63) is 59.7 Å². The lowest BCUT2D eigenvalue weighted by Crippen LogP contribution is -2.47. The van der Waals surface area contributed by atoms with E-state index in [2.05, 4.69) is 47.2 Å². The van der Waals surface area contributed by atoms with E-state index >= 15 is 0 Å². The minimum absolute atomic E-state index is 0. The van der Waals surface area contributed by atoms with Crippen molar-refractivity contribution in [2.75, 3.05) is 45.2 Å². The minimum Gasteiger partial charge on any atom is -0.491 e. The zero-order chi connectivity index (χ0) is 23.0. The molecule has 0 atom stereocenters. The Morgan fingerprint density at radius 3 is 2.18 bits per heavy atom. The fourth-order valence-electron chi connectivity index (χ4n) is 4.33. The van der Waals surface area contributed by atoms with Gasteiger partial charge in [-0.3, -0.25) is 0 Å². The first-order chi connectivity index (χ1) is 15.4. The molecule has 1 heterocycles. The first kappa shape index (κ1) is 30.1. The average Bonchev–Trinajstić information content (AvgIpc) is 2.82. The number of halogens is 2. The van der Waals surface area contributed by atoms with Crippen LogP contribution < -0.4 is 9.64 Å². The van der Waals surface area contributed by atoms with E-state index in [4.69, 9.17) is 14.7 Å². The SMILES string of the molecule is COC1(CCN(C)c2ccc(OC(C)C)cc2)CCN(CCc2ccc(C#N)cc2)CC1.Cl.Cl. The van der Waals surface area contributed by atoms with Crippen LogP contribution >= 0.6 is 24.8 Å². The van der Waals surface area contributed by atoms with Crippen LogP contribution in [-0.4, -0.2) is 56.9 Å². The molecule has 5 nitrogen and oxygen atoms in total. The smallest absolute Gasteiger partial charge is 0.119 e. The van der Waals surface area contributed by atoms with E-state index in [1.54, 1.807) is 0 Å². The second-order valence-corrected chi connectivity index (χ2v) is 9.12. The average molecular weight is 509 g/mol. The van der Waals surface area contributed by atoms with Crippen molar-refractivity contribution in [1.82, 2.24) is 4.90 Å². The van der Waals surface area contributed by atoms with Crippen molar-refractivity contribution < 1.29 is 9.47 Å². The Kier molecular flexibility index (Phi) is 12.8.